The molecule has 190 valence electrons. The molecule has 0 atom stereocenters. The lowest BCUT2D eigenvalue weighted by Crippen LogP contribution is -2.36. The van der Waals surface area contributed by atoms with Crippen LogP contribution >= 0.6 is 11.3 Å². The molecule has 0 unspecified atom stereocenters. The number of aromatic nitrogens is 4. The molecular weight excluding hydrogens is 496 g/mol. The zero-order chi connectivity index (χ0) is 25.9. The van der Waals surface area contributed by atoms with E-state index >= 15 is 0 Å². The molecule has 0 radical (unpaired) electrons. The van der Waals surface area contributed by atoms with E-state index in [2.05, 4.69) is 14.9 Å². The zero-order valence-corrected chi connectivity index (χ0v) is 20.7. The molecule has 37 heavy (non-hydrogen) atoms. The van der Waals surface area contributed by atoms with Crippen molar-refractivity contribution in [2.24, 2.45) is 5.73 Å². The SMILES string of the molecule is CN(Cc1cc2nc(-c3cccc(C(N)=O)c3)nc(N3CCOCC3)c2s1)c1ncc(C(=O)NO)cn1. The highest BCUT2D eigenvalue weighted by molar-refractivity contribution is 7.19. The molecule has 0 spiro atoms. The molecule has 1 saturated heterocycles. The van der Waals surface area contributed by atoms with Crippen LogP contribution in [0.4, 0.5) is 11.8 Å². The van der Waals surface area contributed by atoms with Crippen LogP contribution in [-0.4, -0.2) is 70.3 Å². The van der Waals surface area contributed by atoms with Gasteiger partial charge in [0.05, 0.1) is 35.5 Å². The van der Waals surface area contributed by atoms with Gasteiger partial charge in [-0.3, -0.25) is 14.8 Å². The average Bonchev–Trinajstić information content (AvgIpc) is 3.35. The van der Waals surface area contributed by atoms with Crippen molar-refractivity contribution in [1.29, 1.82) is 0 Å². The number of carbonyl (C=O) groups excluding carboxylic acids is 2. The molecule has 2 amide bonds. The van der Waals surface area contributed by atoms with Gasteiger partial charge < -0.3 is 20.3 Å². The molecule has 1 aromatic carbocycles. The van der Waals surface area contributed by atoms with Crippen molar-refractivity contribution in [3.63, 3.8) is 0 Å². The number of nitrogens with zero attached hydrogens (tertiary/aromatic N) is 6. The first kappa shape index (κ1) is 24.5. The van der Waals surface area contributed by atoms with Crippen molar-refractivity contribution in [3.8, 4) is 11.4 Å². The topological polar surface area (TPSA) is 160 Å². The smallest absolute Gasteiger partial charge is 0.277 e. The van der Waals surface area contributed by atoms with Crippen LogP contribution < -0.4 is 21.0 Å². The summed E-state index contributed by atoms with van der Waals surface area (Å²) in [5.74, 6) is 0.572. The van der Waals surface area contributed by atoms with Crippen molar-refractivity contribution in [2.45, 2.75) is 6.54 Å². The summed E-state index contributed by atoms with van der Waals surface area (Å²) in [5, 5.41) is 8.77. The minimum atomic E-state index is -0.676. The van der Waals surface area contributed by atoms with Crippen LogP contribution in [0.1, 0.15) is 25.6 Å². The quantitative estimate of drug-likeness (QED) is 0.242. The van der Waals surface area contributed by atoms with Crippen LogP contribution in [0.3, 0.4) is 0 Å². The van der Waals surface area contributed by atoms with Gasteiger partial charge in [0.15, 0.2) is 11.6 Å². The number of primary amides is 1. The van der Waals surface area contributed by atoms with Crippen LogP contribution in [0.5, 0.6) is 0 Å². The minimum Gasteiger partial charge on any atom is -0.378 e. The number of rotatable bonds is 7. The Morgan fingerprint density at radius 2 is 1.92 bits per heavy atom. The van der Waals surface area contributed by atoms with Gasteiger partial charge in [0.1, 0.15) is 0 Å². The normalized spacial score (nSPS) is 13.5. The van der Waals surface area contributed by atoms with Crippen LogP contribution in [0.2, 0.25) is 0 Å². The molecule has 4 heterocycles. The van der Waals surface area contributed by atoms with E-state index in [1.54, 1.807) is 35.0 Å². The second-order valence-corrected chi connectivity index (χ2v) is 9.55. The number of nitrogens with two attached hydrogens (primary N) is 1. The molecule has 4 aromatic rings. The number of benzene rings is 1. The third-order valence-electron chi connectivity index (χ3n) is 5.86. The number of fused-ring (bicyclic) bond motifs is 1. The fourth-order valence-electron chi connectivity index (χ4n) is 3.98. The molecule has 0 bridgehead atoms. The third-order valence-corrected chi connectivity index (χ3v) is 6.96. The molecule has 1 aliphatic rings. The first-order valence-electron chi connectivity index (χ1n) is 11.4. The van der Waals surface area contributed by atoms with Crippen LogP contribution in [0, 0.1) is 0 Å². The Morgan fingerprint density at radius 1 is 1.16 bits per heavy atom. The summed E-state index contributed by atoms with van der Waals surface area (Å²) in [7, 11) is 1.85. The molecule has 0 aliphatic carbocycles. The Balaban J connectivity index is 1.50. The molecule has 12 nitrogen and oxygen atoms in total. The van der Waals surface area contributed by atoms with Crippen LogP contribution in [-0.2, 0) is 11.3 Å². The van der Waals surface area contributed by atoms with E-state index in [-0.39, 0.29) is 5.56 Å². The highest BCUT2D eigenvalue weighted by atomic mass is 32.1. The fourth-order valence-corrected chi connectivity index (χ4v) is 5.14. The molecule has 1 fully saturated rings. The van der Waals surface area contributed by atoms with E-state index in [4.69, 9.17) is 25.6 Å². The van der Waals surface area contributed by atoms with Crippen molar-refractivity contribution in [1.82, 2.24) is 25.4 Å². The lowest BCUT2D eigenvalue weighted by Gasteiger charge is -2.28. The minimum absolute atomic E-state index is 0.153. The summed E-state index contributed by atoms with van der Waals surface area (Å²) in [6.07, 6.45) is 2.70. The predicted octanol–water partition coefficient (Wildman–Crippen LogP) is 1.84. The van der Waals surface area contributed by atoms with E-state index in [1.165, 1.54) is 12.4 Å². The van der Waals surface area contributed by atoms with Crippen molar-refractivity contribution in [2.75, 3.05) is 43.2 Å². The van der Waals surface area contributed by atoms with Gasteiger partial charge in [-0.1, -0.05) is 12.1 Å². The summed E-state index contributed by atoms with van der Waals surface area (Å²) in [5.41, 5.74) is 9.09. The van der Waals surface area contributed by atoms with E-state index in [1.807, 2.05) is 24.1 Å². The number of amides is 2. The number of thiophene rings is 1. The van der Waals surface area contributed by atoms with E-state index in [0.717, 1.165) is 20.9 Å². The monoisotopic (exact) mass is 520 g/mol. The summed E-state index contributed by atoms with van der Waals surface area (Å²) >= 11 is 1.59. The average molecular weight is 521 g/mol. The Kier molecular flexibility index (Phi) is 6.90. The first-order valence-corrected chi connectivity index (χ1v) is 12.3. The summed E-state index contributed by atoms with van der Waals surface area (Å²) in [6.45, 7) is 3.14. The predicted molar refractivity (Wildman–Crippen MR) is 138 cm³/mol. The first-order chi connectivity index (χ1) is 17.9. The maximum atomic E-state index is 11.7. The van der Waals surface area contributed by atoms with Gasteiger partial charge in [-0.25, -0.2) is 25.4 Å². The van der Waals surface area contributed by atoms with Gasteiger partial charge in [0.2, 0.25) is 11.9 Å². The van der Waals surface area contributed by atoms with E-state index in [9.17, 15) is 9.59 Å². The molecule has 4 N–H and O–H groups in total. The van der Waals surface area contributed by atoms with Gasteiger partial charge in [0.25, 0.3) is 5.91 Å². The number of morpholine rings is 1. The number of carbonyl (C=O) groups is 2. The number of hydroxylamine groups is 1. The zero-order valence-electron chi connectivity index (χ0n) is 19.9. The highest BCUT2D eigenvalue weighted by Crippen LogP contribution is 2.35. The maximum absolute atomic E-state index is 11.7. The van der Waals surface area contributed by atoms with Crippen molar-refractivity contribution < 1.29 is 19.5 Å². The molecule has 1 aliphatic heterocycles. The largest absolute Gasteiger partial charge is 0.378 e. The second kappa shape index (κ2) is 10.4. The Bertz CT molecular complexity index is 1450. The number of hydrogen-bond acceptors (Lipinski definition) is 11. The molecular formula is C24H24N8O4S. The molecule has 5 rings (SSSR count). The number of ether oxygens (including phenoxy) is 1. The summed E-state index contributed by atoms with van der Waals surface area (Å²) in [4.78, 5) is 46.5. The Labute approximate surface area is 215 Å². The lowest BCUT2D eigenvalue weighted by molar-refractivity contribution is 0.0705. The van der Waals surface area contributed by atoms with Crippen LogP contribution in [0.15, 0.2) is 42.7 Å². The number of nitrogens with one attached hydrogen (secondary N) is 1. The van der Waals surface area contributed by atoms with Crippen LogP contribution in [0.25, 0.3) is 21.6 Å². The van der Waals surface area contributed by atoms with Crippen molar-refractivity contribution >= 4 is 45.1 Å². The number of hydrogen-bond donors (Lipinski definition) is 3. The number of anilines is 2. The second-order valence-electron chi connectivity index (χ2n) is 8.41. The van der Waals surface area contributed by atoms with Gasteiger partial charge in [0, 0.05) is 48.5 Å². The van der Waals surface area contributed by atoms with Crippen molar-refractivity contribution in [3.05, 3.63) is 58.7 Å². The van der Waals surface area contributed by atoms with E-state index < -0.39 is 11.8 Å². The van der Waals surface area contributed by atoms with Gasteiger partial charge in [-0.2, -0.15) is 0 Å². The molecule has 0 saturated carbocycles. The van der Waals surface area contributed by atoms with Gasteiger partial charge >= 0.3 is 0 Å². The standard InChI is InChI=1S/C24H24N8O4S/c1-31(24-26-11-16(12-27-24)23(34)30-35)13-17-10-18-19(37-17)22(32-5-7-36-8-6-32)29-21(28-18)15-4-2-3-14(9-15)20(25)33/h2-4,9-12,35H,5-8,13H2,1H3,(H2,25,33)(H,30,34). The molecule has 3 aromatic heterocycles. The maximum Gasteiger partial charge on any atom is 0.277 e. The third kappa shape index (κ3) is 5.18. The summed E-state index contributed by atoms with van der Waals surface area (Å²) in [6, 6.07) is 9.00. The highest BCUT2D eigenvalue weighted by Gasteiger charge is 2.21. The fraction of sp³-hybridized carbons (Fsp3) is 0.250. The summed E-state index contributed by atoms with van der Waals surface area (Å²) < 4.78 is 6.49. The van der Waals surface area contributed by atoms with E-state index in [0.29, 0.717) is 55.7 Å². The van der Waals surface area contributed by atoms with Gasteiger partial charge in [-0.05, 0) is 18.2 Å². The Morgan fingerprint density at radius 3 is 2.62 bits per heavy atom. The van der Waals surface area contributed by atoms with Gasteiger partial charge in [-0.15, -0.1) is 11.3 Å². The Hall–Kier alpha value is -4.20. The molecule has 13 heteroatoms. The lowest BCUT2D eigenvalue weighted by atomic mass is 10.1.